The van der Waals surface area contributed by atoms with Crippen molar-refractivity contribution in [2.75, 3.05) is 5.73 Å². The molecule has 5 heteroatoms. The van der Waals surface area contributed by atoms with Crippen LogP contribution in [0.1, 0.15) is 0 Å². The Morgan fingerprint density at radius 1 is 1.50 bits per heavy atom. The fourth-order valence-electron chi connectivity index (χ4n) is 0.977. The van der Waals surface area contributed by atoms with E-state index in [1.807, 2.05) is 6.07 Å². The molecule has 1 aromatic heterocycles. The van der Waals surface area contributed by atoms with Crippen molar-refractivity contribution in [2.24, 2.45) is 0 Å². The molecule has 2 nitrogen and oxygen atoms in total. The van der Waals surface area contributed by atoms with Crippen LogP contribution in [0.5, 0.6) is 0 Å². The maximum atomic E-state index is 5.60. The molecule has 2 aromatic rings. The maximum absolute atomic E-state index is 5.60. The number of hydrogen-bond acceptors (Lipinski definition) is 3. The van der Waals surface area contributed by atoms with E-state index in [-0.39, 0.29) is 0 Å². The van der Waals surface area contributed by atoms with Crippen molar-refractivity contribution in [3.8, 4) is 0 Å². The molecule has 0 aliphatic heterocycles. The molecule has 0 spiro atoms. The first kappa shape index (κ1) is 8.71. The van der Waals surface area contributed by atoms with Gasteiger partial charge in [-0.05, 0) is 34.7 Å². The van der Waals surface area contributed by atoms with E-state index >= 15 is 0 Å². The van der Waals surface area contributed by atoms with Crippen LogP contribution >= 0.6 is 49.9 Å². The zero-order valence-corrected chi connectivity index (χ0v) is 10.4. The Bertz CT molecular complexity index is 440. The van der Waals surface area contributed by atoms with Crippen LogP contribution in [0.3, 0.4) is 0 Å². The molecule has 0 bridgehead atoms. The average Bonchev–Trinajstić information content (AvgIpc) is 2.29. The van der Waals surface area contributed by atoms with Gasteiger partial charge in [-0.3, -0.25) is 0 Å². The monoisotopic (exact) mass is 354 g/mol. The van der Waals surface area contributed by atoms with E-state index in [9.17, 15) is 0 Å². The molecule has 2 rings (SSSR count). The number of thiazole rings is 1. The zero-order chi connectivity index (χ0) is 8.72. The van der Waals surface area contributed by atoms with E-state index in [1.165, 1.54) is 14.9 Å². The Morgan fingerprint density at radius 2 is 2.25 bits per heavy atom. The molecular weight excluding hydrogens is 351 g/mol. The highest BCUT2D eigenvalue weighted by Crippen LogP contribution is 2.30. The van der Waals surface area contributed by atoms with Gasteiger partial charge in [0.2, 0.25) is 0 Å². The van der Waals surface area contributed by atoms with Crippen LogP contribution < -0.4 is 5.73 Å². The van der Waals surface area contributed by atoms with Crippen molar-refractivity contribution < 1.29 is 0 Å². The number of halogens is 2. The van der Waals surface area contributed by atoms with Crippen molar-refractivity contribution in [1.82, 2.24) is 4.98 Å². The number of nitrogens with two attached hydrogens (primary N) is 1. The Morgan fingerprint density at radius 3 is 3.00 bits per heavy atom. The Kier molecular flexibility index (Phi) is 2.26. The minimum absolute atomic E-state index is 0.626. The van der Waals surface area contributed by atoms with Gasteiger partial charge < -0.3 is 5.73 Å². The molecule has 0 unspecified atom stereocenters. The molecule has 12 heavy (non-hydrogen) atoms. The first-order valence-corrected chi connectivity index (χ1v) is 5.87. The smallest absolute Gasteiger partial charge is 0.181 e. The van der Waals surface area contributed by atoms with Crippen LogP contribution in [-0.2, 0) is 0 Å². The fourth-order valence-corrected chi connectivity index (χ4v) is 3.51. The second kappa shape index (κ2) is 3.12. The Labute approximate surface area is 95.4 Å². The summed E-state index contributed by atoms with van der Waals surface area (Å²) in [5, 5.41) is 0.626. The van der Waals surface area contributed by atoms with Crippen LogP contribution in [0.15, 0.2) is 16.6 Å². The lowest BCUT2D eigenvalue weighted by atomic mass is 10.3. The summed E-state index contributed by atoms with van der Waals surface area (Å²) in [5.74, 6) is 0. The third-order valence-corrected chi connectivity index (χ3v) is 4.03. The normalized spacial score (nSPS) is 10.8. The maximum Gasteiger partial charge on any atom is 0.181 e. The largest absolute Gasteiger partial charge is 0.375 e. The standard InChI is InChI=1S/C7H4BrIN2S/c8-3-1-4(9)6-5(2-3)11-7(10)12-6/h1-2H,(H2,10,11). The summed E-state index contributed by atoms with van der Waals surface area (Å²) in [7, 11) is 0. The highest BCUT2D eigenvalue weighted by molar-refractivity contribution is 14.1. The fraction of sp³-hybridized carbons (Fsp3) is 0. The lowest BCUT2D eigenvalue weighted by Gasteiger charge is -1.92. The number of anilines is 1. The lowest BCUT2D eigenvalue weighted by Crippen LogP contribution is -1.79. The number of rotatable bonds is 0. The van der Waals surface area contributed by atoms with E-state index < -0.39 is 0 Å². The minimum Gasteiger partial charge on any atom is -0.375 e. The van der Waals surface area contributed by atoms with E-state index in [2.05, 4.69) is 49.6 Å². The number of nitrogen functional groups attached to an aromatic ring is 1. The predicted molar refractivity (Wildman–Crippen MR) is 64.4 cm³/mol. The summed E-state index contributed by atoms with van der Waals surface area (Å²) < 4.78 is 3.40. The highest BCUT2D eigenvalue weighted by Gasteiger charge is 2.05. The Balaban J connectivity index is 2.88. The molecule has 1 aromatic carbocycles. The minimum atomic E-state index is 0.626. The summed E-state index contributed by atoms with van der Waals surface area (Å²) in [6.07, 6.45) is 0. The number of nitrogens with zero attached hydrogens (tertiary/aromatic N) is 1. The van der Waals surface area contributed by atoms with Crippen LogP contribution in [0.25, 0.3) is 10.2 Å². The van der Waals surface area contributed by atoms with Gasteiger partial charge >= 0.3 is 0 Å². The van der Waals surface area contributed by atoms with E-state index in [4.69, 9.17) is 5.73 Å². The van der Waals surface area contributed by atoms with E-state index in [1.54, 1.807) is 0 Å². The van der Waals surface area contributed by atoms with E-state index in [0.29, 0.717) is 5.13 Å². The topological polar surface area (TPSA) is 38.9 Å². The number of aromatic nitrogens is 1. The van der Waals surface area contributed by atoms with Crippen LogP contribution in [-0.4, -0.2) is 4.98 Å². The van der Waals surface area contributed by atoms with Gasteiger partial charge in [0.25, 0.3) is 0 Å². The number of hydrogen-bond donors (Lipinski definition) is 1. The summed E-state index contributed by atoms with van der Waals surface area (Å²) in [6.45, 7) is 0. The van der Waals surface area contributed by atoms with Crippen molar-refractivity contribution in [3.05, 3.63) is 20.2 Å². The molecule has 0 saturated heterocycles. The van der Waals surface area contributed by atoms with Crippen LogP contribution in [0.4, 0.5) is 5.13 Å². The van der Waals surface area contributed by atoms with Gasteiger partial charge in [0.05, 0.1) is 10.2 Å². The second-order valence-corrected chi connectivity index (χ2v) is 5.40. The Hall–Kier alpha value is 0.120. The number of benzene rings is 1. The molecular formula is C7H4BrIN2S. The van der Waals surface area contributed by atoms with Crippen LogP contribution in [0, 0.1) is 3.57 Å². The van der Waals surface area contributed by atoms with Crippen molar-refractivity contribution in [2.45, 2.75) is 0 Å². The molecule has 0 aliphatic carbocycles. The first-order valence-electron chi connectivity index (χ1n) is 3.18. The lowest BCUT2D eigenvalue weighted by molar-refractivity contribution is 1.49. The molecule has 0 saturated carbocycles. The van der Waals surface area contributed by atoms with Gasteiger partial charge in [0.15, 0.2) is 5.13 Å². The molecule has 2 N–H and O–H groups in total. The summed E-state index contributed by atoms with van der Waals surface area (Å²) >= 11 is 7.22. The molecule has 0 fully saturated rings. The second-order valence-electron chi connectivity index (χ2n) is 2.29. The SMILES string of the molecule is Nc1nc2cc(Br)cc(I)c2s1. The van der Waals surface area contributed by atoms with Gasteiger partial charge in [-0.1, -0.05) is 27.3 Å². The van der Waals surface area contributed by atoms with Crippen LogP contribution in [0.2, 0.25) is 0 Å². The van der Waals surface area contributed by atoms with Gasteiger partial charge in [-0.15, -0.1) is 0 Å². The molecule has 62 valence electrons. The molecule has 0 atom stereocenters. The van der Waals surface area contributed by atoms with Gasteiger partial charge in [0.1, 0.15) is 0 Å². The summed E-state index contributed by atoms with van der Waals surface area (Å²) in [4.78, 5) is 4.20. The molecule has 0 aliphatic rings. The molecule has 1 heterocycles. The van der Waals surface area contributed by atoms with Gasteiger partial charge in [-0.2, -0.15) is 0 Å². The van der Waals surface area contributed by atoms with Gasteiger partial charge in [0, 0.05) is 8.04 Å². The predicted octanol–water partition coefficient (Wildman–Crippen LogP) is 3.25. The molecule has 0 radical (unpaired) electrons. The zero-order valence-electron chi connectivity index (χ0n) is 5.84. The molecule has 0 amide bonds. The quantitative estimate of drug-likeness (QED) is 0.737. The van der Waals surface area contributed by atoms with Gasteiger partial charge in [-0.25, -0.2) is 4.98 Å². The van der Waals surface area contributed by atoms with E-state index in [0.717, 1.165) is 14.7 Å². The van der Waals surface area contributed by atoms with Crippen molar-refractivity contribution >= 4 is 65.2 Å². The third-order valence-electron chi connectivity index (χ3n) is 1.43. The first-order chi connectivity index (χ1) is 5.66. The number of fused-ring (bicyclic) bond motifs is 1. The third kappa shape index (κ3) is 1.45. The highest BCUT2D eigenvalue weighted by atomic mass is 127. The van der Waals surface area contributed by atoms with Crippen molar-refractivity contribution in [3.63, 3.8) is 0 Å². The summed E-state index contributed by atoms with van der Waals surface area (Å²) in [6, 6.07) is 4.03. The van der Waals surface area contributed by atoms with Crippen molar-refractivity contribution in [1.29, 1.82) is 0 Å². The summed E-state index contributed by atoms with van der Waals surface area (Å²) in [5.41, 5.74) is 6.57. The average molecular weight is 355 g/mol.